The number of nitrogens with one attached hydrogen (secondary N) is 1. The minimum absolute atomic E-state index is 0.313. The van der Waals surface area contributed by atoms with E-state index >= 15 is 0 Å². The Hall–Kier alpha value is -1.40. The smallest absolute Gasteiger partial charge is 0.124 e. The Kier molecular flexibility index (Phi) is 2.43. The molecular formula is C16H17FN2. The Labute approximate surface area is 112 Å². The minimum atomic E-state index is -0.313. The molecule has 1 aromatic carbocycles. The van der Waals surface area contributed by atoms with Crippen molar-refractivity contribution >= 4 is 0 Å². The van der Waals surface area contributed by atoms with Crippen molar-refractivity contribution in [3.8, 4) is 6.07 Å². The van der Waals surface area contributed by atoms with E-state index in [0.29, 0.717) is 18.2 Å². The molecule has 3 fully saturated rings. The van der Waals surface area contributed by atoms with Crippen LogP contribution >= 0.6 is 0 Å². The van der Waals surface area contributed by atoms with E-state index in [2.05, 4.69) is 5.32 Å². The summed E-state index contributed by atoms with van der Waals surface area (Å²) in [4.78, 5) is 0. The third-order valence-corrected chi connectivity index (χ3v) is 5.36. The van der Waals surface area contributed by atoms with Crippen molar-refractivity contribution in [1.82, 2.24) is 5.32 Å². The summed E-state index contributed by atoms with van der Waals surface area (Å²) in [7, 11) is 0. The highest BCUT2D eigenvalue weighted by Gasteiger charge is 2.64. The summed E-state index contributed by atoms with van der Waals surface area (Å²) in [6, 6.07) is 7.26. The lowest BCUT2D eigenvalue weighted by Crippen LogP contribution is -2.22. The van der Waals surface area contributed by atoms with Gasteiger partial charge in [-0.05, 0) is 66.7 Å². The molecule has 3 aliphatic carbocycles. The van der Waals surface area contributed by atoms with Crippen LogP contribution in [0.15, 0.2) is 18.2 Å². The molecule has 0 amide bonds. The molecular weight excluding hydrogens is 239 g/mol. The quantitative estimate of drug-likeness (QED) is 0.902. The van der Waals surface area contributed by atoms with Gasteiger partial charge in [0.1, 0.15) is 5.82 Å². The third kappa shape index (κ3) is 1.78. The van der Waals surface area contributed by atoms with Crippen LogP contribution in [-0.4, -0.2) is 6.04 Å². The van der Waals surface area contributed by atoms with E-state index in [9.17, 15) is 4.39 Å². The Bertz CT molecular complexity index is 546. The lowest BCUT2D eigenvalue weighted by molar-refractivity contribution is 0.456. The zero-order chi connectivity index (χ0) is 13.0. The molecule has 0 heterocycles. The first-order valence-electron chi connectivity index (χ1n) is 7.19. The SMILES string of the molecule is N#Cc1cc(F)cc(CNC2C3C4CCC(C4)C23)c1. The molecule has 0 radical (unpaired) electrons. The van der Waals surface area contributed by atoms with Crippen LogP contribution in [0.4, 0.5) is 4.39 Å². The fourth-order valence-corrected chi connectivity index (χ4v) is 4.65. The number of hydrogen-bond acceptors (Lipinski definition) is 2. The number of hydrogen-bond donors (Lipinski definition) is 1. The highest BCUT2D eigenvalue weighted by Crippen LogP contribution is 2.65. The Morgan fingerprint density at radius 2 is 1.95 bits per heavy atom. The summed E-state index contributed by atoms with van der Waals surface area (Å²) >= 11 is 0. The number of halogens is 1. The van der Waals surface area contributed by atoms with E-state index in [1.165, 1.54) is 31.4 Å². The lowest BCUT2D eigenvalue weighted by Gasteiger charge is -2.10. The van der Waals surface area contributed by atoms with Crippen molar-refractivity contribution < 1.29 is 4.39 Å². The van der Waals surface area contributed by atoms with Crippen molar-refractivity contribution in [1.29, 1.82) is 5.26 Å². The van der Waals surface area contributed by atoms with E-state index in [1.54, 1.807) is 6.07 Å². The predicted molar refractivity (Wildman–Crippen MR) is 69.6 cm³/mol. The van der Waals surface area contributed by atoms with Gasteiger partial charge in [-0.25, -0.2) is 4.39 Å². The van der Waals surface area contributed by atoms with Gasteiger partial charge in [-0.15, -0.1) is 0 Å². The largest absolute Gasteiger partial charge is 0.309 e. The van der Waals surface area contributed by atoms with Crippen LogP contribution in [0.2, 0.25) is 0 Å². The van der Waals surface area contributed by atoms with E-state index in [1.807, 2.05) is 6.07 Å². The topological polar surface area (TPSA) is 35.8 Å². The first-order valence-corrected chi connectivity index (χ1v) is 7.19. The number of benzene rings is 1. The van der Waals surface area contributed by atoms with Crippen LogP contribution in [0.1, 0.15) is 30.4 Å². The zero-order valence-electron chi connectivity index (χ0n) is 10.8. The van der Waals surface area contributed by atoms with Gasteiger partial charge in [0.25, 0.3) is 0 Å². The number of nitriles is 1. The molecule has 0 saturated heterocycles. The van der Waals surface area contributed by atoms with Gasteiger partial charge in [0.15, 0.2) is 0 Å². The van der Waals surface area contributed by atoms with E-state index in [4.69, 9.17) is 5.26 Å². The van der Waals surface area contributed by atoms with Crippen molar-refractivity contribution in [2.24, 2.45) is 23.7 Å². The molecule has 4 unspecified atom stereocenters. The Balaban J connectivity index is 1.41. The Morgan fingerprint density at radius 3 is 2.63 bits per heavy atom. The zero-order valence-corrected chi connectivity index (χ0v) is 10.8. The maximum absolute atomic E-state index is 13.3. The summed E-state index contributed by atoms with van der Waals surface area (Å²) in [6.45, 7) is 0.684. The molecule has 3 aliphatic rings. The molecule has 1 aromatic rings. The second-order valence-electron chi connectivity index (χ2n) is 6.35. The van der Waals surface area contributed by atoms with Crippen LogP contribution in [0.5, 0.6) is 0 Å². The summed E-state index contributed by atoms with van der Waals surface area (Å²) in [5, 5.41) is 12.4. The molecule has 3 saturated carbocycles. The fraction of sp³-hybridized carbons (Fsp3) is 0.562. The van der Waals surface area contributed by atoms with Crippen LogP contribution in [-0.2, 0) is 6.54 Å². The van der Waals surface area contributed by atoms with Crippen LogP contribution < -0.4 is 5.32 Å². The minimum Gasteiger partial charge on any atom is -0.309 e. The average molecular weight is 256 g/mol. The van der Waals surface area contributed by atoms with Gasteiger partial charge in [0.05, 0.1) is 11.6 Å². The normalized spacial score (nSPS) is 38.0. The molecule has 19 heavy (non-hydrogen) atoms. The van der Waals surface area contributed by atoms with Gasteiger partial charge in [0.2, 0.25) is 0 Å². The highest BCUT2D eigenvalue weighted by molar-refractivity contribution is 5.33. The first-order chi connectivity index (χ1) is 9.26. The van der Waals surface area contributed by atoms with Gasteiger partial charge in [0, 0.05) is 12.6 Å². The molecule has 0 aliphatic heterocycles. The standard InChI is InChI=1S/C16H17FN2/c17-13-4-9(7-18)3-10(5-13)8-19-16-14-11-1-2-12(6-11)15(14)16/h3-5,11-12,14-16,19H,1-2,6,8H2. The second kappa shape index (κ2) is 4.05. The van der Waals surface area contributed by atoms with E-state index in [0.717, 1.165) is 29.2 Å². The fourth-order valence-electron chi connectivity index (χ4n) is 4.65. The summed E-state index contributed by atoms with van der Waals surface area (Å²) in [5.41, 5.74) is 1.29. The Morgan fingerprint density at radius 1 is 1.21 bits per heavy atom. The molecule has 0 spiro atoms. The monoisotopic (exact) mass is 256 g/mol. The number of fused-ring (bicyclic) bond motifs is 5. The molecule has 2 nitrogen and oxygen atoms in total. The van der Waals surface area contributed by atoms with Gasteiger partial charge in [-0.3, -0.25) is 0 Å². The molecule has 98 valence electrons. The maximum Gasteiger partial charge on any atom is 0.124 e. The summed E-state index contributed by atoms with van der Waals surface area (Å²) < 4.78 is 13.3. The van der Waals surface area contributed by atoms with Gasteiger partial charge >= 0.3 is 0 Å². The van der Waals surface area contributed by atoms with Crippen molar-refractivity contribution in [2.75, 3.05) is 0 Å². The highest BCUT2D eigenvalue weighted by atomic mass is 19.1. The van der Waals surface area contributed by atoms with Crippen molar-refractivity contribution in [2.45, 2.75) is 31.8 Å². The molecule has 4 rings (SSSR count). The van der Waals surface area contributed by atoms with Gasteiger partial charge in [-0.2, -0.15) is 5.26 Å². The maximum atomic E-state index is 13.3. The molecule has 2 bridgehead atoms. The molecule has 0 aromatic heterocycles. The van der Waals surface area contributed by atoms with Crippen molar-refractivity contribution in [3.05, 3.63) is 35.1 Å². The molecule has 3 heteroatoms. The average Bonchev–Trinajstić information content (AvgIpc) is 2.79. The first kappa shape index (κ1) is 11.4. The third-order valence-electron chi connectivity index (χ3n) is 5.36. The second-order valence-corrected chi connectivity index (χ2v) is 6.35. The molecule has 1 N–H and O–H groups in total. The van der Waals surface area contributed by atoms with Gasteiger partial charge < -0.3 is 5.32 Å². The predicted octanol–water partition coefficient (Wildman–Crippen LogP) is 2.83. The van der Waals surface area contributed by atoms with E-state index in [-0.39, 0.29) is 5.82 Å². The van der Waals surface area contributed by atoms with E-state index < -0.39 is 0 Å². The number of nitrogens with zero attached hydrogens (tertiary/aromatic N) is 1. The van der Waals surface area contributed by atoms with Crippen LogP contribution in [0.25, 0.3) is 0 Å². The lowest BCUT2D eigenvalue weighted by atomic mass is 10.0. The molecule has 4 atom stereocenters. The van der Waals surface area contributed by atoms with Crippen LogP contribution in [0, 0.1) is 40.8 Å². The summed E-state index contributed by atoms with van der Waals surface area (Å²) in [6.07, 6.45) is 4.29. The van der Waals surface area contributed by atoms with Crippen molar-refractivity contribution in [3.63, 3.8) is 0 Å². The summed E-state index contributed by atoms with van der Waals surface area (Å²) in [5.74, 6) is 3.38. The van der Waals surface area contributed by atoms with Gasteiger partial charge in [-0.1, -0.05) is 0 Å². The number of rotatable bonds is 3. The van der Waals surface area contributed by atoms with Crippen LogP contribution in [0.3, 0.4) is 0 Å².